The minimum Gasteiger partial charge on any atom is -0.480 e. The molecule has 1 rings (SSSR count). The summed E-state index contributed by atoms with van der Waals surface area (Å²) in [6.07, 6.45) is 1.84. The number of carbonyl (C=O) groups is 3. The van der Waals surface area contributed by atoms with Crippen LogP contribution in [-0.4, -0.2) is 53.0 Å². The molecule has 0 bridgehead atoms. The first kappa shape index (κ1) is 16.4. The van der Waals surface area contributed by atoms with Gasteiger partial charge in [0.1, 0.15) is 12.6 Å². The van der Waals surface area contributed by atoms with Crippen LogP contribution in [0.25, 0.3) is 0 Å². The zero-order chi connectivity index (χ0) is 15.3. The number of nitrogens with one attached hydrogen (secondary N) is 1. The van der Waals surface area contributed by atoms with Gasteiger partial charge in [-0.25, -0.2) is 0 Å². The van der Waals surface area contributed by atoms with Gasteiger partial charge in [0.2, 0.25) is 11.8 Å². The van der Waals surface area contributed by atoms with Crippen LogP contribution in [0.15, 0.2) is 0 Å². The number of hydrogen-bond acceptors (Lipinski definition) is 4. The molecule has 0 aromatic carbocycles. The molecular weight excluding hydrogens is 262 g/mol. The molecule has 0 spiro atoms. The molecule has 1 saturated heterocycles. The maximum atomic E-state index is 12.2. The molecule has 2 unspecified atom stereocenters. The molecule has 1 aliphatic rings. The van der Waals surface area contributed by atoms with Gasteiger partial charge in [-0.15, -0.1) is 0 Å². The quantitative estimate of drug-likeness (QED) is 0.612. The standard InChI is InChI=1S/C13H23N3O4/c1-8(2)6-9(14)13(20)16-5-3-4-10(16)12(19)15-7-11(17)18/h8-10H,3-7,14H2,1-2H3,(H,15,19)(H,17,18). The molecule has 2 atom stereocenters. The number of carbonyl (C=O) groups excluding carboxylic acids is 2. The van der Waals surface area contributed by atoms with Crippen molar-refractivity contribution < 1.29 is 19.5 Å². The van der Waals surface area contributed by atoms with E-state index in [0.29, 0.717) is 25.3 Å². The second kappa shape index (κ2) is 7.23. The van der Waals surface area contributed by atoms with E-state index < -0.39 is 30.5 Å². The highest BCUT2D eigenvalue weighted by atomic mass is 16.4. The van der Waals surface area contributed by atoms with Crippen LogP contribution in [0.3, 0.4) is 0 Å². The molecule has 0 radical (unpaired) electrons. The van der Waals surface area contributed by atoms with Crippen LogP contribution in [-0.2, 0) is 14.4 Å². The van der Waals surface area contributed by atoms with Crippen LogP contribution in [0.2, 0.25) is 0 Å². The molecule has 1 heterocycles. The monoisotopic (exact) mass is 285 g/mol. The van der Waals surface area contributed by atoms with Crippen molar-refractivity contribution in [3.63, 3.8) is 0 Å². The summed E-state index contributed by atoms with van der Waals surface area (Å²) in [4.78, 5) is 36.1. The van der Waals surface area contributed by atoms with Gasteiger partial charge in [0, 0.05) is 6.54 Å². The summed E-state index contributed by atoms with van der Waals surface area (Å²) in [5.74, 6) is -1.46. The van der Waals surface area contributed by atoms with Crippen molar-refractivity contribution >= 4 is 17.8 Å². The summed E-state index contributed by atoms with van der Waals surface area (Å²) in [5, 5.41) is 10.9. The highest BCUT2D eigenvalue weighted by Crippen LogP contribution is 2.19. The Kier molecular flexibility index (Phi) is 5.94. The average molecular weight is 285 g/mol. The van der Waals surface area contributed by atoms with Crippen molar-refractivity contribution in [2.24, 2.45) is 11.7 Å². The van der Waals surface area contributed by atoms with Gasteiger partial charge < -0.3 is 21.1 Å². The van der Waals surface area contributed by atoms with E-state index in [4.69, 9.17) is 10.8 Å². The maximum Gasteiger partial charge on any atom is 0.322 e. The molecule has 0 aliphatic carbocycles. The average Bonchev–Trinajstić information content (AvgIpc) is 2.83. The maximum absolute atomic E-state index is 12.2. The minimum absolute atomic E-state index is 0.230. The molecule has 1 fully saturated rings. The van der Waals surface area contributed by atoms with E-state index >= 15 is 0 Å². The second-order valence-electron chi connectivity index (χ2n) is 5.54. The summed E-state index contributed by atoms with van der Waals surface area (Å²) in [6.45, 7) is 4.02. The Balaban J connectivity index is 2.62. The van der Waals surface area contributed by atoms with Gasteiger partial charge in [-0.3, -0.25) is 14.4 Å². The summed E-state index contributed by atoms with van der Waals surface area (Å²) < 4.78 is 0. The molecule has 0 aromatic heterocycles. The molecule has 0 aromatic rings. The molecular formula is C13H23N3O4. The van der Waals surface area contributed by atoms with Gasteiger partial charge in [0.15, 0.2) is 0 Å². The first-order chi connectivity index (χ1) is 9.32. The Bertz CT molecular complexity index is 384. The summed E-state index contributed by atoms with van der Waals surface area (Å²) >= 11 is 0. The zero-order valence-electron chi connectivity index (χ0n) is 12.0. The Hall–Kier alpha value is -1.63. The SMILES string of the molecule is CC(C)CC(N)C(=O)N1CCCC1C(=O)NCC(=O)O. The third-order valence-corrected chi connectivity index (χ3v) is 3.29. The smallest absolute Gasteiger partial charge is 0.322 e. The van der Waals surface area contributed by atoms with Crippen molar-refractivity contribution in [2.45, 2.75) is 45.2 Å². The first-order valence-corrected chi connectivity index (χ1v) is 6.88. The third-order valence-electron chi connectivity index (χ3n) is 3.29. The van der Waals surface area contributed by atoms with Crippen molar-refractivity contribution in [1.82, 2.24) is 10.2 Å². The number of rotatable bonds is 6. The number of amides is 2. The Labute approximate surface area is 118 Å². The van der Waals surface area contributed by atoms with Gasteiger partial charge in [-0.1, -0.05) is 13.8 Å². The fraction of sp³-hybridized carbons (Fsp3) is 0.769. The molecule has 0 saturated carbocycles. The van der Waals surface area contributed by atoms with Gasteiger partial charge in [-0.05, 0) is 25.2 Å². The lowest BCUT2D eigenvalue weighted by molar-refractivity contribution is -0.141. The lowest BCUT2D eigenvalue weighted by atomic mass is 10.0. The molecule has 4 N–H and O–H groups in total. The minimum atomic E-state index is -1.11. The number of nitrogens with zero attached hydrogens (tertiary/aromatic N) is 1. The van der Waals surface area contributed by atoms with Gasteiger partial charge in [0.25, 0.3) is 0 Å². The molecule has 1 aliphatic heterocycles. The molecule has 114 valence electrons. The normalized spacial score (nSPS) is 20.0. The Morgan fingerprint density at radius 1 is 1.40 bits per heavy atom. The lowest BCUT2D eigenvalue weighted by Crippen LogP contribution is -2.52. The number of likely N-dealkylation sites (tertiary alicyclic amines) is 1. The van der Waals surface area contributed by atoms with Crippen LogP contribution in [0.1, 0.15) is 33.1 Å². The van der Waals surface area contributed by atoms with E-state index in [-0.39, 0.29) is 5.91 Å². The van der Waals surface area contributed by atoms with Crippen LogP contribution < -0.4 is 11.1 Å². The number of hydrogen-bond donors (Lipinski definition) is 3. The van der Waals surface area contributed by atoms with Crippen molar-refractivity contribution in [1.29, 1.82) is 0 Å². The first-order valence-electron chi connectivity index (χ1n) is 6.88. The molecule has 7 heteroatoms. The van der Waals surface area contributed by atoms with E-state index in [1.165, 1.54) is 4.90 Å². The lowest BCUT2D eigenvalue weighted by Gasteiger charge is -2.27. The van der Waals surface area contributed by atoms with Gasteiger partial charge in [0.05, 0.1) is 6.04 Å². The van der Waals surface area contributed by atoms with E-state index in [2.05, 4.69) is 5.32 Å². The van der Waals surface area contributed by atoms with E-state index in [9.17, 15) is 14.4 Å². The second-order valence-corrected chi connectivity index (χ2v) is 5.54. The fourth-order valence-electron chi connectivity index (χ4n) is 2.41. The third kappa shape index (κ3) is 4.48. The molecule has 7 nitrogen and oxygen atoms in total. The summed E-state index contributed by atoms with van der Waals surface area (Å²) in [7, 11) is 0. The largest absolute Gasteiger partial charge is 0.480 e. The number of aliphatic carboxylic acids is 1. The summed E-state index contributed by atoms with van der Waals surface area (Å²) in [5.41, 5.74) is 5.87. The fourth-order valence-corrected chi connectivity index (χ4v) is 2.41. The Morgan fingerprint density at radius 2 is 2.05 bits per heavy atom. The van der Waals surface area contributed by atoms with Crippen molar-refractivity contribution in [2.75, 3.05) is 13.1 Å². The highest BCUT2D eigenvalue weighted by Gasteiger charge is 2.36. The number of nitrogens with two attached hydrogens (primary N) is 1. The van der Waals surface area contributed by atoms with Gasteiger partial charge in [-0.2, -0.15) is 0 Å². The van der Waals surface area contributed by atoms with E-state index in [1.807, 2.05) is 13.8 Å². The highest BCUT2D eigenvalue weighted by molar-refractivity contribution is 5.91. The molecule has 2 amide bonds. The topological polar surface area (TPSA) is 113 Å². The predicted molar refractivity (Wildman–Crippen MR) is 72.8 cm³/mol. The van der Waals surface area contributed by atoms with Crippen molar-refractivity contribution in [3.8, 4) is 0 Å². The van der Waals surface area contributed by atoms with E-state index in [0.717, 1.165) is 6.42 Å². The van der Waals surface area contributed by atoms with Crippen LogP contribution in [0.4, 0.5) is 0 Å². The molecule has 20 heavy (non-hydrogen) atoms. The number of carboxylic acid groups (broad SMARTS) is 1. The van der Waals surface area contributed by atoms with Crippen LogP contribution in [0.5, 0.6) is 0 Å². The van der Waals surface area contributed by atoms with Crippen LogP contribution >= 0.6 is 0 Å². The van der Waals surface area contributed by atoms with E-state index in [1.54, 1.807) is 0 Å². The predicted octanol–water partition coefficient (Wildman–Crippen LogP) is -0.448. The number of carboxylic acids is 1. The Morgan fingerprint density at radius 3 is 2.60 bits per heavy atom. The zero-order valence-corrected chi connectivity index (χ0v) is 12.0. The van der Waals surface area contributed by atoms with Gasteiger partial charge >= 0.3 is 5.97 Å². The van der Waals surface area contributed by atoms with Crippen LogP contribution in [0, 0.1) is 5.92 Å². The summed E-state index contributed by atoms with van der Waals surface area (Å²) in [6, 6.07) is -1.21. The van der Waals surface area contributed by atoms with Crippen molar-refractivity contribution in [3.05, 3.63) is 0 Å².